The quantitative estimate of drug-likeness (QED) is 0.707. The van der Waals surface area contributed by atoms with Crippen LogP contribution in [-0.4, -0.2) is 12.1 Å². The third-order valence-corrected chi connectivity index (χ3v) is 1.91. The molecule has 2 rings (SSSR count). The van der Waals surface area contributed by atoms with E-state index in [1.54, 1.807) is 12.1 Å². The second-order valence-corrected chi connectivity index (χ2v) is 2.91. The summed E-state index contributed by atoms with van der Waals surface area (Å²) in [5, 5.41) is 2.12. The van der Waals surface area contributed by atoms with E-state index in [2.05, 4.69) is 5.32 Å². The lowest BCUT2D eigenvalue weighted by Gasteiger charge is -2.28. The monoisotopic (exact) mass is 176 g/mol. The average Bonchev–Trinajstić information content (AvgIpc) is 2.09. The number of carbonyl (C=O) groups is 2. The largest absolute Gasteiger partial charge is 0.338 e. The van der Waals surface area contributed by atoms with Crippen LogP contribution in [0.2, 0.25) is 0 Å². The van der Waals surface area contributed by atoms with E-state index in [1.807, 2.05) is 19.1 Å². The Bertz CT molecular complexity index is 356. The van der Waals surface area contributed by atoms with E-state index in [9.17, 15) is 9.59 Å². The first-order chi connectivity index (χ1) is 6.18. The normalized spacial score (nSPS) is 15.3. The van der Waals surface area contributed by atoms with Crippen molar-refractivity contribution in [3.05, 3.63) is 29.8 Å². The SMILES string of the molecule is Cc1ccc(N2C(=O)NC2=O)cc1. The summed E-state index contributed by atoms with van der Waals surface area (Å²) in [7, 11) is 0. The predicted molar refractivity (Wildman–Crippen MR) is 47.6 cm³/mol. The molecule has 4 heteroatoms. The third kappa shape index (κ3) is 1.16. The fraction of sp³-hybridized carbons (Fsp3) is 0.111. The van der Waals surface area contributed by atoms with Gasteiger partial charge in [-0.25, -0.2) is 14.5 Å². The van der Waals surface area contributed by atoms with Crippen molar-refractivity contribution in [3.63, 3.8) is 0 Å². The second-order valence-electron chi connectivity index (χ2n) is 2.91. The van der Waals surface area contributed by atoms with Crippen LogP contribution in [-0.2, 0) is 0 Å². The Morgan fingerprint density at radius 2 is 1.62 bits per heavy atom. The highest BCUT2D eigenvalue weighted by Gasteiger charge is 2.34. The maximum absolute atomic E-state index is 10.9. The van der Waals surface area contributed by atoms with E-state index in [1.165, 1.54) is 0 Å². The maximum atomic E-state index is 10.9. The molecule has 1 aromatic rings. The Kier molecular flexibility index (Phi) is 1.55. The number of aryl methyl sites for hydroxylation is 1. The van der Waals surface area contributed by atoms with Crippen molar-refractivity contribution in [1.82, 2.24) is 5.32 Å². The van der Waals surface area contributed by atoms with Crippen LogP contribution in [0.3, 0.4) is 0 Å². The molecule has 4 nitrogen and oxygen atoms in total. The first kappa shape index (κ1) is 7.79. The van der Waals surface area contributed by atoms with Crippen LogP contribution in [0.1, 0.15) is 5.56 Å². The van der Waals surface area contributed by atoms with Gasteiger partial charge in [0.05, 0.1) is 5.69 Å². The highest BCUT2D eigenvalue weighted by atomic mass is 16.2. The minimum Gasteiger partial charge on any atom is -0.258 e. The van der Waals surface area contributed by atoms with Gasteiger partial charge in [0, 0.05) is 0 Å². The summed E-state index contributed by atoms with van der Waals surface area (Å²) >= 11 is 0. The first-order valence-corrected chi connectivity index (χ1v) is 3.90. The number of hydrogen-bond acceptors (Lipinski definition) is 2. The van der Waals surface area contributed by atoms with Crippen LogP contribution in [0.15, 0.2) is 24.3 Å². The molecule has 0 aromatic heterocycles. The number of carbonyl (C=O) groups excluding carboxylic acids is 2. The summed E-state index contributed by atoms with van der Waals surface area (Å²) in [6, 6.07) is 6.46. The average molecular weight is 176 g/mol. The summed E-state index contributed by atoms with van der Waals surface area (Å²) in [5.41, 5.74) is 1.71. The van der Waals surface area contributed by atoms with Crippen molar-refractivity contribution >= 4 is 17.7 Å². The van der Waals surface area contributed by atoms with Crippen LogP contribution in [0.5, 0.6) is 0 Å². The second kappa shape index (κ2) is 2.58. The van der Waals surface area contributed by atoms with Crippen LogP contribution >= 0.6 is 0 Å². The van der Waals surface area contributed by atoms with E-state index in [4.69, 9.17) is 0 Å². The number of amides is 4. The Morgan fingerprint density at radius 3 is 2.08 bits per heavy atom. The standard InChI is InChI=1S/C9H8N2O2/c1-6-2-4-7(5-3-6)11-8(12)10-9(11)13/h2-5H,1H3,(H,10,12,13). The van der Waals surface area contributed by atoms with Gasteiger partial charge in [-0.15, -0.1) is 0 Å². The minimum atomic E-state index is -0.367. The molecule has 1 aliphatic heterocycles. The number of benzene rings is 1. The maximum Gasteiger partial charge on any atom is 0.338 e. The van der Waals surface area contributed by atoms with E-state index in [-0.39, 0.29) is 12.1 Å². The van der Waals surface area contributed by atoms with Gasteiger partial charge in [0.25, 0.3) is 0 Å². The summed E-state index contributed by atoms with van der Waals surface area (Å²) < 4.78 is 0. The molecule has 0 unspecified atom stereocenters. The number of urea groups is 2. The van der Waals surface area contributed by atoms with Crippen LogP contribution in [0.4, 0.5) is 15.3 Å². The molecule has 1 N–H and O–H groups in total. The Hall–Kier alpha value is -1.84. The number of nitrogens with zero attached hydrogens (tertiary/aromatic N) is 1. The van der Waals surface area contributed by atoms with Crippen molar-refractivity contribution in [1.29, 1.82) is 0 Å². The van der Waals surface area contributed by atoms with Gasteiger partial charge in [0.1, 0.15) is 0 Å². The molecule has 1 fully saturated rings. The predicted octanol–water partition coefficient (Wildman–Crippen LogP) is 1.64. The zero-order valence-electron chi connectivity index (χ0n) is 7.07. The number of imide groups is 2. The van der Waals surface area contributed by atoms with Crippen molar-refractivity contribution in [2.45, 2.75) is 6.92 Å². The molecule has 0 saturated carbocycles. The molecule has 66 valence electrons. The summed E-state index contributed by atoms with van der Waals surface area (Å²) in [5.74, 6) is 0. The molecule has 0 atom stereocenters. The lowest BCUT2D eigenvalue weighted by Crippen LogP contribution is -2.61. The summed E-state index contributed by atoms with van der Waals surface area (Å²) in [4.78, 5) is 22.9. The minimum absolute atomic E-state index is 0.367. The van der Waals surface area contributed by atoms with Gasteiger partial charge in [0.15, 0.2) is 0 Å². The lowest BCUT2D eigenvalue weighted by atomic mass is 10.2. The highest BCUT2D eigenvalue weighted by molar-refractivity contribution is 6.28. The van der Waals surface area contributed by atoms with E-state index >= 15 is 0 Å². The topological polar surface area (TPSA) is 49.4 Å². The van der Waals surface area contributed by atoms with Crippen LogP contribution in [0, 0.1) is 6.92 Å². The number of nitrogens with one attached hydrogen (secondary N) is 1. The number of anilines is 1. The molecule has 0 spiro atoms. The molecule has 1 heterocycles. The molecule has 1 aromatic carbocycles. The smallest absolute Gasteiger partial charge is 0.258 e. The molecule has 0 aliphatic carbocycles. The zero-order chi connectivity index (χ0) is 9.42. The Balaban J connectivity index is 2.30. The van der Waals surface area contributed by atoms with E-state index in [0.29, 0.717) is 5.69 Å². The van der Waals surface area contributed by atoms with Crippen molar-refractivity contribution in [3.8, 4) is 0 Å². The van der Waals surface area contributed by atoms with Gasteiger partial charge >= 0.3 is 12.1 Å². The van der Waals surface area contributed by atoms with Crippen molar-refractivity contribution in [2.75, 3.05) is 4.90 Å². The van der Waals surface area contributed by atoms with E-state index < -0.39 is 0 Å². The molecular weight excluding hydrogens is 168 g/mol. The zero-order valence-corrected chi connectivity index (χ0v) is 7.07. The van der Waals surface area contributed by atoms with Gasteiger partial charge in [0.2, 0.25) is 0 Å². The Labute approximate surface area is 75.2 Å². The summed E-state index contributed by atoms with van der Waals surface area (Å²) in [6.07, 6.45) is 0. The molecule has 4 amide bonds. The Morgan fingerprint density at radius 1 is 1.08 bits per heavy atom. The van der Waals surface area contributed by atoms with Crippen molar-refractivity contribution in [2.24, 2.45) is 0 Å². The van der Waals surface area contributed by atoms with Gasteiger partial charge in [-0.05, 0) is 19.1 Å². The number of rotatable bonds is 1. The van der Waals surface area contributed by atoms with Gasteiger partial charge in [-0.2, -0.15) is 0 Å². The number of hydrogen-bond donors (Lipinski definition) is 1. The molecule has 0 radical (unpaired) electrons. The van der Waals surface area contributed by atoms with Crippen LogP contribution < -0.4 is 10.2 Å². The van der Waals surface area contributed by atoms with Gasteiger partial charge in [-0.1, -0.05) is 17.7 Å². The molecule has 1 aliphatic rings. The molecular formula is C9H8N2O2. The summed E-state index contributed by atoms with van der Waals surface area (Å²) in [6.45, 7) is 1.95. The van der Waals surface area contributed by atoms with Crippen LogP contribution in [0.25, 0.3) is 0 Å². The lowest BCUT2D eigenvalue weighted by molar-refractivity contribution is 0.218. The molecule has 1 saturated heterocycles. The van der Waals surface area contributed by atoms with Gasteiger partial charge in [-0.3, -0.25) is 5.32 Å². The molecule has 0 bridgehead atoms. The van der Waals surface area contributed by atoms with Gasteiger partial charge < -0.3 is 0 Å². The highest BCUT2D eigenvalue weighted by Crippen LogP contribution is 2.18. The third-order valence-electron chi connectivity index (χ3n) is 1.91. The molecule has 13 heavy (non-hydrogen) atoms. The fourth-order valence-electron chi connectivity index (χ4n) is 1.17. The van der Waals surface area contributed by atoms with Crippen molar-refractivity contribution < 1.29 is 9.59 Å². The van der Waals surface area contributed by atoms with E-state index in [0.717, 1.165) is 10.5 Å². The first-order valence-electron chi connectivity index (χ1n) is 3.90. The fourth-order valence-corrected chi connectivity index (χ4v) is 1.17.